The summed E-state index contributed by atoms with van der Waals surface area (Å²) in [5.74, 6) is 0. The van der Waals surface area contributed by atoms with Gasteiger partial charge >= 0.3 is 0 Å². The maximum absolute atomic E-state index is 12.3. The lowest BCUT2D eigenvalue weighted by Gasteiger charge is -2.25. The zero-order chi connectivity index (χ0) is 10.0. The molecule has 0 saturated carbocycles. The number of rotatable bonds is 2. The fourth-order valence-electron chi connectivity index (χ4n) is 2.10. The molecule has 1 saturated heterocycles. The molecule has 1 N–H and O–H groups in total. The first-order valence-electron chi connectivity index (χ1n) is 5.15. The second-order valence-corrected chi connectivity index (χ2v) is 4.19. The molecule has 1 fully saturated rings. The van der Waals surface area contributed by atoms with Gasteiger partial charge in [-0.15, -0.1) is 0 Å². The van der Waals surface area contributed by atoms with Gasteiger partial charge in [-0.25, -0.2) is 4.39 Å². The van der Waals surface area contributed by atoms with Gasteiger partial charge in [-0.2, -0.15) is 0 Å². The summed E-state index contributed by atoms with van der Waals surface area (Å²) in [7, 11) is 0. The standard InChI is InChI=1S/C12H16FN/c1-12(7-2-8-14-12)11-5-3-10(9-13)4-6-11/h3-6,14H,2,7-9H2,1H3. The van der Waals surface area contributed by atoms with E-state index >= 15 is 0 Å². The average Bonchev–Trinajstić information content (AvgIpc) is 2.67. The van der Waals surface area contributed by atoms with E-state index in [4.69, 9.17) is 0 Å². The first-order chi connectivity index (χ1) is 6.74. The van der Waals surface area contributed by atoms with Crippen LogP contribution in [-0.2, 0) is 12.2 Å². The van der Waals surface area contributed by atoms with Crippen molar-refractivity contribution in [2.45, 2.75) is 32.0 Å². The first-order valence-corrected chi connectivity index (χ1v) is 5.15. The highest BCUT2D eigenvalue weighted by Gasteiger charge is 2.29. The molecule has 0 amide bonds. The van der Waals surface area contributed by atoms with Crippen LogP contribution in [0.3, 0.4) is 0 Å². The Morgan fingerprint density at radius 2 is 2.07 bits per heavy atom. The van der Waals surface area contributed by atoms with Crippen molar-refractivity contribution in [3.05, 3.63) is 35.4 Å². The van der Waals surface area contributed by atoms with E-state index in [2.05, 4.69) is 12.2 Å². The van der Waals surface area contributed by atoms with E-state index in [-0.39, 0.29) is 12.2 Å². The first kappa shape index (κ1) is 9.66. The molecule has 14 heavy (non-hydrogen) atoms. The van der Waals surface area contributed by atoms with Crippen LogP contribution in [-0.4, -0.2) is 6.54 Å². The predicted molar refractivity (Wildman–Crippen MR) is 55.8 cm³/mol. The van der Waals surface area contributed by atoms with E-state index in [1.54, 1.807) is 0 Å². The van der Waals surface area contributed by atoms with Gasteiger partial charge in [0.1, 0.15) is 6.67 Å². The fraction of sp³-hybridized carbons (Fsp3) is 0.500. The lowest BCUT2D eigenvalue weighted by atomic mass is 9.90. The topological polar surface area (TPSA) is 12.0 Å². The zero-order valence-corrected chi connectivity index (χ0v) is 8.52. The molecule has 0 spiro atoms. The van der Waals surface area contributed by atoms with Crippen LogP contribution in [0.4, 0.5) is 4.39 Å². The minimum absolute atomic E-state index is 0.106. The highest BCUT2D eigenvalue weighted by molar-refractivity contribution is 5.28. The molecule has 1 aliphatic heterocycles. The highest BCUT2D eigenvalue weighted by atomic mass is 19.1. The summed E-state index contributed by atoms with van der Waals surface area (Å²) in [5, 5.41) is 3.49. The average molecular weight is 193 g/mol. The Kier molecular flexibility index (Phi) is 2.55. The second kappa shape index (κ2) is 3.70. The molecule has 0 bridgehead atoms. The van der Waals surface area contributed by atoms with Gasteiger partial charge in [0.05, 0.1) is 0 Å². The summed E-state index contributed by atoms with van der Waals surface area (Å²) in [4.78, 5) is 0. The molecule has 1 atom stereocenters. The van der Waals surface area contributed by atoms with Gasteiger partial charge in [-0.3, -0.25) is 0 Å². The second-order valence-electron chi connectivity index (χ2n) is 4.19. The smallest absolute Gasteiger partial charge is 0.115 e. The van der Waals surface area contributed by atoms with E-state index in [0.29, 0.717) is 0 Å². The van der Waals surface area contributed by atoms with Gasteiger partial charge in [-0.05, 0) is 37.4 Å². The maximum Gasteiger partial charge on any atom is 0.115 e. The summed E-state index contributed by atoms with van der Waals surface area (Å²) in [6, 6.07) is 7.82. The van der Waals surface area contributed by atoms with E-state index in [0.717, 1.165) is 12.1 Å². The minimum Gasteiger partial charge on any atom is -0.308 e. The molecule has 0 radical (unpaired) electrons. The van der Waals surface area contributed by atoms with Crippen LogP contribution in [0.1, 0.15) is 30.9 Å². The number of benzene rings is 1. The van der Waals surface area contributed by atoms with Gasteiger partial charge < -0.3 is 5.32 Å². The Morgan fingerprint density at radius 1 is 1.36 bits per heavy atom. The third-order valence-electron chi connectivity index (χ3n) is 3.11. The van der Waals surface area contributed by atoms with Gasteiger partial charge in [0.2, 0.25) is 0 Å². The molecule has 1 nitrogen and oxygen atoms in total. The highest BCUT2D eigenvalue weighted by Crippen LogP contribution is 2.30. The van der Waals surface area contributed by atoms with E-state index < -0.39 is 0 Å². The van der Waals surface area contributed by atoms with Crippen LogP contribution in [0.25, 0.3) is 0 Å². The van der Waals surface area contributed by atoms with Crippen LogP contribution >= 0.6 is 0 Å². The zero-order valence-electron chi connectivity index (χ0n) is 8.52. The Balaban J connectivity index is 2.23. The van der Waals surface area contributed by atoms with E-state index in [9.17, 15) is 4.39 Å². The van der Waals surface area contributed by atoms with Crippen molar-refractivity contribution in [3.8, 4) is 0 Å². The monoisotopic (exact) mass is 193 g/mol. The van der Waals surface area contributed by atoms with Crippen LogP contribution in [0.2, 0.25) is 0 Å². The lowest BCUT2D eigenvalue weighted by molar-refractivity contribution is 0.434. The molecular weight excluding hydrogens is 177 g/mol. The molecule has 2 heteroatoms. The Hall–Kier alpha value is -0.890. The number of hydrogen-bond donors (Lipinski definition) is 1. The van der Waals surface area contributed by atoms with Crippen LogP contribution in [0.5, 0.6) is 0 Å². The number of halogens is 1. The van der Waals surface area contributed by atoms with Gasteiger partial charge in [0, 0.05) is 5.54 Å². The number of alkyl halides is 1. The molecule has 1 aromatic rings. The Morgan fingerprint density at radius 3 is 2.57 bits per heavy atom. The molecule has 1 heterocycles. The minimum atomic E-state index is -0.371. The number of nitrogens with one attached hydrogen (secondary N) is 1. The van der Waals surface area contributed by atoms with Crippen molar-refractivity contribution in [1.82, 2.24) is 5.32 Å². The van der Waals surface area contributed by atoms with E-state index in [1.807, 2.05) is 24.3 Å². The molecule has 1 aromatic carbocycles. The molecule has 1 unspecified atom stereocenters. The molecular formula is C12H16FN. The molecule has 1 aliphatic rings. The third-order valence-corrected chi connectivity index (χ3v) is 3.11. The summed E-state index contributed by atoms with van der Waals surface area (Å²) >= 11 is 0. The van der Waals surface area contributed by atoms with E-state index in [1.165, 1.54) is 18.4 Å². The van der Waals surface area contributed by atoms with Gasteiger partial charge in [-0.1, -0.05) is 24.3 Å². The normalized spacial score (nSPS) is 26.7. The summed E-state index contributed by atoms with van der Waals surface area (Å²) < 4.78 is 12.3. The van der Waals surface area contributed by atoms with Gasteiger partial charge in [0.25, 0.3) is 0 Å². The fourth-order valence-corrected chi connectivity index (χ4v) is 2.10. The van der Waals surface area contributed by atoms with Crippen molar-refractivity contribution >= 4 is 0 Å². The lowest BCUT2D eigenvalue weighted by Crippen LogP contribution is -2.32. The molecule has 0 aliphatic carbocycles. The quantitative estimate of drug-likeness (QED) is 0.761. The summed E-state index contributed by atoms with van der Waals surface area (Å²) in [5.41, 5.74) is 2.14. The van der Waals surface area contributed by atoms with Crippen molar-refractivity contribution in [2.75, 3.05) is 6.54 Å². The maximum atomic E-state index is 12.3. The molecule has 76 valence electrons. The number of hydrogen-bond acceptors (Lipinski definition) is 1. The van der Waals surface area contributed by atoms with Crippen molar-refractivity contribution < 1.29 is 4.39 Å². The van der Waals surface area contributed by atoms with Crippen molar-refractivity contribution in [2.24, 2.45) is 0 Å². The molecule has 2 rings (SSSR count). The van der Waals surface area contributed by atoms with Gasteiger partial charge in [0.15, 0.2) is 0 Å². The summed E-state index contributed by atoms with van der Waals surface area (Å²) in [6.07, 6.45) is 2.39. The molecule has 0 aromatic heterocycles. The van der Waals surface area contributed by atoms with Crippen LogP contribution in [0, 0.1) is 0 Å². The third kappa shape index (κ3) is 1.67. The predicted octanol–water partition coefficient (Wildman–Crippen LogP) is 2.75. The van der Waals surface area contributed by atoms with Crippen LogP contribution in [0.15, 0.2) is 24.3 Å². The Bertz CT molecular complexity index is 299. The van der Waals surface area contributed by atoms with Crippen molar-refractivity contribution in [3.63, 3.8) is 0 Å². The SMILES string of the molecule is CC1(c2ccc(CF)cc2)CCCN1. The summed E-state index contributed by atoms with van der Waals surface area (Å²) in [6.45, 7) is 2.93. The van der Waals surface area contributed by atoms with Crippen molar-refractivity contribution in [1.29, 1.82) is 0 Å². The van der Waals surface area contributed by atoms with Crippen LogP contribution < -0.4 is 5.32 Å². The Labute approximate surface area is 84.3 Å². The largest absolute Gasteiger partial charge is 0.308 e.